The van der Waals surface area contributed by atoms with Gasteiger partial charge in [0.2, 0.25) is 0 Å². The maximum atomic E-state index is 12.5. The number of fused-ring (bicyclic) bond motifs is 1. The molecule has 6 heteroatoms. The number of pyridine rings is 1. The summed E-state index contributed by atoms with van der Waals surface area (Å²) in [4.78, 5) is 21.1. The molecule has 112 valence electrons. The minimum Gasteiger partial charge on any atom is -0.334 e. The number of hydrogen-bond acceptors (Lipinski definition) is 5. The first-order valence-corrected chi connectivity index (χ1v) is 7.14. The Morgan fingerprint density at radius 3 is 2.74 bits per heavy atom. The van der Waals surface area contributed by atoms with Crippen LogP contribution in [0.5, 0.6) is 0 Å². The first kappa shape index (κ1) is 13.4. The van der Waals surface area contributed by atoms with Crippen molar-refractivity contribution in [2.45, 2.75) is 6.42 Å². The van der Waals surface area contributed by atoms with Crippen LogP contribution in [0.25, 0.3) is 17.1 Å². The molecule has 23 heavy (non-hydrogen) atoms. The molecule has 4 aromatic rings. The highest BCUT2D eigenvalue weighted by atomic mass is 16.5. The maximum absolute atomic E-state index is 12.5. The molecule has 0 radical (unpaired) electrons. The van der Waals surface area contributed by atoms with Gasteiger partial charge in [0.1, 0.15) is 11.2 Å². The Kier molecular flexibility index (Phi) is 3.20. The molecular weight excluding hydrogens is 292 g/mol. The van der Waals surface area contributed by atoms with E-state index in [0.717, 1.165) is 5.56 Å². The number of rotatable bonds is 3. The zero-order valence-electron chi connectivity index (χ0n) is 12.1. The van der Waals surface area contributed by atoms with Crippen molar-refractivity contribution >= 4 is 5.65 Å². The zero-order chi connectivity index (χ0) is 15.6. The van der Waals surface area contributed by atoms with E-state index < -0.39 is 0 Å². The molecule has 4 rings (SSSR count). The SMILES string of the molecule is O=c1c(-c2nc(Cc3ccccc3)no2)cnc2ccccn12. The van der Waals surface area contributed by atoms with Gasteiger partial charge in [0.25, 0.3) is 11.4 Å². The van der Waals surface area contributed by atoms with Gasteiger partial charge in [0.15, 0.2) is 5.82 Å². The Morgan fingerprint density at radius 1 is 1.04 bits per heavy atom. The summed E-state index contributed by atoms with van der Waals surface area (Å²) in [7, 11) is 0. The molecule has 0 N–H and O–H groups in total. The molecule has 0 saturated heterocycles. The predicted octanol–water partition coefficient (Wildman–Crippen LogP) is 2.34. The third-order valence-corrected chi connectivity index (χ3v) is 3.52. The second kappa shape index (κ2) is 5.49. The normalized spacial score (nSPS) is 11.0. The van der Waals surface area contributed by atoms with Crippen LogP contribution in [-0.2, 0) is 6.42 Å². The number of benzene rings is 1. The Bertz CT molecular complexity index is 1020. The average molecular weight is 304 g/mol. The number of aromatic nitrogens is 4. The highest BCUT2D eigenvalue weighted by Gasteiger charge is 2.14. The van der Waals surface area contributed by atoms with E-state index >= 15 is 0 Å². The van der Waals surface area contributed by atoms with Gasteiger partial charge in [-0.15, -0.1) is 0 Å². The molecule has 0 amide bonds. The predicted molar refractivity (Wildman–Crippen MR) is 84.0 cm³/mol. The molecular formula is C17H12N4O2. The van der Waals surface area contributed by atoms with Crippen LogP contribution in [0.15, 0.2) is 70.2 Å². The van der Waals surface area contributed by atoms with Gasteiger partial charge in [-0.05, 0) is 17.7 Å². The summed E-state index contributed by atoms with van der Waals surface area (Å²) in [6.07, 6.45) is 3.68. The summed E-state index contributed by atoms with van der Waals surface area (Å²) in [6.45, 7) is 0. The zero-order valence-corrected chi connectivity index (χ0v) is 12.1. The summed E-state index contributed by atoms with van der Waals surface area (Å²) in [5.74, 6) is 0.718. The third kappa shape index (κ3) is 2.50. The van der Waals surface area contributed by atoms with Crippen LogP contribution in [0, 0.1) is 0 Å². The van der Waals surface area contributed by atoms with Crippen LogP contribution in [0.4, 0.5) is 0 Å². The highest BCUT2D eigenvalue weighted by molar-refractivity contribution is 5.53. The summed E-state index contributed by atoms with van der Waals surface area (Å²) < 4.78 is 6.69. The Morgan fingerprint density at radius 2 is 1.87 bits per heavy atom. The van der Waals surface area contributed by atoms with Crippen LogP contribution in [-0.4, -0.2) is 19.5 Å². The molecule has 0 bridgehead atoms. The lowest BCUT2D eigenvalue weighted by Gasteiger charge is -1.99. The van der Waals surface area contributed by atoms with Crippen molar-refractivity contribution in [2.75, 3.05) is 0 Å². The van der Waals surface area contributed by atoms with Crippen molar-refractivity contribution in [3.63, 3.8) is 0 Å². The smallest absolute Gasteiger partial charge is 0.270 e. The van der Waals surface area contributed by atoms with Crippen LogP contribution in [0.3, 0.4) is 0 Å². The van der Waals surface area contributed by atoms with Crippen LogP contribution < -0.4 is 5.56 Å². The topological polar surface area (TPSA) is 73.3 Å². The lowest BCUT2D eigenvalue weighted by Crippen LogP contribution is -2.16. The van der Waals surface area contributed by atoms with Crippen LogP contribution in [0.2, 0.25) is 0 Å². The fourth-order valence-electron chi connectivity index (χ4n) is 2.39. The fraction of sp³-hybridized carbons (Fsp3) is 0.0588. The van der Waals surface area contributed by atoms with Gasteiger partial charge in [0.05, 0.1) is 0 Å². The van der Waals surface area contributed by atoms with Crippen molar-refractivity contribution in [3.8, 4) is 11.5 Å². The molecule has 1 aromatic carbocycles. The summed E-state index contributed by atoms with van der Waals surface area (Å²) in [5, 5.41) is 3.95. The molecule has 0 fully saturated rings. The van der Waals surface area contributed by atoms with Crippen molar-refractivity contribution in [1.82, 2.24) is 19.5 Å². The standard InChI is InChI=1S/C17H12N4O2/c22-17-13(11-18-15-8-4-5-9-21(15)17)16-19-14(20-23-16)10-12-6-2-1-3-7-12/h1-9,11H,10H2. The van der Waals surface area contributed by atoms with E-state index in [4.69, 9.17) is 4.52 Å². The van der Waals surface area contributed by atoms with Crippen molar-refractivity contribution in [1.29, 1.82) is 0 Å². The van der Waals surface area contributed by atoms with E-state index in [1.165, 1.54) is 10.6 Å². The molecule has 3 heterocycles. The van der Waals surface area contributed by atoms with E-state index in [-0.39, 0.29) is 11.4 Å². The Labute approximate surface area is 131 Å². The minimum atomic E-state index is -0.231. The average Bonchev–Trinajstić information content (AvgIpc) is 3.04. The molecule has 0 aliphatic carbocycles. The molecule has 3 aromatic heterocycles. The lowest BCUT2D eigenvalue weighted by atomic mass is 10.1. The molecule has 0 atom stereocenters. The Balaban J connectivity index is 1.72. The van der Waals surface area contributed by atoms with E-state index in [0.29, 0.717) is 23.5 Å². The second-order valence-corrected chi connectivity index (χ2v) is 5.08. The maximum Gasteiger partial charge on any atom is 0.270 e. The molecule has 0 saturated carbocycles. The molecule has 0 aliphatic rings. The van der Waals surface area contributed by atoms with Gasteiger partial charge in [-0.3, -0.25) is 9.20 Å². The second-order valence-electron chi connectivity index (χ2n) is 5.08. The summed E-state index contributed by atoms with van der Waals surface area (Å²) in [5.41, 5.74) is 1.71. The van der Waals surface area contributed by atoms with Crippen molar-refractivity contribution < 1.29 is 4.52 Å². The summed E-state index contributed by atoms with van der Waals surface area (Å²) >= 11 is 0. The monoisotopic (exact) mass is 304 g/mol. The molecule has 6 nitrogen and oxygen atoms in total. The van der Waals surface area contributed by atoms with Gasteiger partial charge >= 0.3 is 0 Å². The number of hydrogen-bond donors (Lipinski definition) is 0. The van der Waals surface area contributed by atoms with Gasteiger partial charge < -0.3 is 4.52 Å². The van der Waals surface area contributed by atoms with E-state index in [1.807, 2.05) is 36.4 Å². The molecule has 0 spiro atoms. The van der Waals surface area contributed by atoms with E-state index in [1.54, 1.807) is 18.3 Å². The van der Waals surface area contributed by atoms with Crippen molar-refractivity contribution in [3.05, 3.63) is 82.7 Å². The fourth-order valence-corrected chi connectivity index (χ4v) is 2.39. The van der Waals surface area contributed by atoms with E-state index in [9.17, 15) is 4.79 Å². The van der Waals surface area contributed by atoms with Gasteiger partial charge in [-0.25, -0.2) is 4.98 Å². The van der Waals surface area contributed by atoms with Crippen molar-refractivity contribution in [2.24, 2.45) is 0 Å². The van der Waals surface area contributed by atoms with Gasteiger partial charge in [0, 0.05) is 18.8 Å². The number of nitrogens with zero attached hydrogens (tertiary/aromatic N) is 4. The van der Waals surface area contributed by atoms with Crippen LogP contribution in [0.1, 0.15) is 11.4 Å². The Hall–Kier alpha value is -3.28. The first-order valence-electron chi connectivity index (χ1n) is 7.14. The summed E-state index contributed by atoms with van der Waals surface area (Å²) in [6, 6.07) is 15.2. The largest absolute Gasteiger partial charge is 0.334 e. The molecule has 0 unspecified atom stereocenters. The lowest BCUT2D eigenvalue weighted by molar-refractivity contribution is 0.423. The third-order valence-electron chi connectivity index (χ3n) is 3.52. The van der Waals surface area contributed by atoms with Crippen LogP contribution >= 0.6 is 0 Å². The first-order chi connectivity index (χ1) is 11.3. The van der Waals surface area contributed by atoms with Gasteiger partial charge in [-0.2, -0.15) is 4.98 Å². The highest BCUT2D eigenvalue weighted by Crippen LogP contribution is 2.14. The van der Waals surface area contributed by atoms with Gasteiger partial charge in [-0.1, -0.05) is 41.6 Å². The molecule has 0 aliphatic heterocycles. The van der Waals surface area contributed by atoms with E-state index in [2.05, 4.69) is 15.1 Å². The minimum absolute atomic E-state index is 0.187. The quantitative estimate of drug-likeness (QED) is 0.581.